The summed E-state index contributed by atoms with van der Waals surface area (Å²) in [5, 5.41) is 3.22. The molecular formula is C17H24N2O2. The van der Waals surface area contributed by atoms with Crippen molar-refractivity contribution in [1.29, 1.82) is 0 Å². The number of morpholine rings is 1. The van der Waals surface area contributed by atoms with Gasteiger partial charge >= 0.3 is 0 Å². The summed E-state index contributed by atoms with van der Waals surface area (Å²) in [5.41, 5.74) is 3.80. The van der Waals surface area contributed by atoms with E-state index in [1.807, 2.05) is 4.90 Å². The van der Waals surface area contributed by atoms with Gasteiger partial charge in [0.15, 0.2) is 0 Å². The zero-order valence-electron chi connectivity index (χ0n) is 13.1. The van der Waals surface area contributed by atoms with Crippen LogP contribution in [0, 0.1) is 0 Å². The lowest BCUT2D eigenvalue weighted by Gasteiger charge is -2.28. The van der Waals surface area contributed by atoms with Crippen LogP contribution in [0.2, 0.25) is 0 Å². The third-order valence-corrected chi connectivity index (χ3v) is 4.31. The Balaban J connectivity index is 1.82. The molecule has 1 amide bonds. The van der Waals surface area contributed by atoms with Gasteiger partial charge in [-0.3, -0.25) is 4.79 Å². The second-order valence-corrected chi connectivity index (χ2v) is 6.90. The molecule has 0 bridgehead atoms. The van der Waals surface area contributed by atoms with E-state index in [1.165, 1.54) is 11.1 Å². The average Bonchev–Trinajstić information content (AvgIpc) is 2.89. The predicted molar refractivity (Wildman–Crippen MR) is 83.8 cm³/mol. The van der Waals surface area contributed by atoms with Crippen LogP contribution in [0.1, 0.15) is 31.9 Å². The minimum atomic E-state index is -0.341. The number of hydrogen-bond donors (Lipinski definition) is 1. The van der Waals surface area contributed by atoms with E-state index in [4.69, 9.17) is 4.74 Å². The Labute approximate surface area is 126 Å². The van der Waals surface area contributed by atoms with Crippen molar-refractivity contribution in [3.05, 3.63) is 29.3 Å². The van der Waals surface area contributed by atoms with Crippen LogP contribution >= 0.6 is 0 Å². The maximum atomic E-state index is 12.6. The van der Waals surface area contributed by atoms with Gasteiger partial charge in [0.1, 0.15) is 6.10 Å². The quantitative estimate of drug-likeness (QED) is 0.857. The van der Waals surface area contributed by atoms with Crippen molar-refractivity contribution < 1.29 is 9.53 Å². The van der Waals surface area contributed by atoms with Gasteiger partial charge in [-0.1, -0.05) is 32.9 Å². The molecule has 1 aromatic rings. The third kappa shape index (κ3) is 2.83. The zero-order chi connectivity index (χ0) is 15.0. The van der Waals surface area contributed by atoms with E-state index in [0.717, 1.165) is 25.2 Å². The number of anilines is 1. The number of carbonyl (C=O) groups excluding carboxylic acids is 1. The molecule has 2 aliphatic rings. The summed E-state index contributed by atoms with van der Waals surface area (Å²) >= 11 is 0. The highest BCUT2D eigenvalue weighted by Crippen LogP contribution is 2.33. The number of amides is 1. The van der Waals surface area contributed by atoms with E-state index in [0.29, 0.717) is 13.2 Å². The molecule has 1 saturated heterocycles. The van der Waals surface area contributed by atoms with Gasteiger partial charge in [-0.15, -0.1) is 0 Å². The summed E-state index contributed by atoms with van der Waals surface area (Å²) in [7, 11) is 0. The van der Waals surface area contributed by atoms with Gasteiger partial charge in [-0.25, -0.2) is 0 Å². The number of ether oxygens (including phenoxy) is 1. The van der Waals surface area contributed by atoms with Crippen molar-refractivity contribution in [2.45, 2.75) is 38.7 Å². The molecule has 4 nitrogen and oxygen atoms in total. The first kappa shape index (κ1) is 14.5. The fourth-order valence-electron chi connectivity index (χ4n) is 3.00. The number of nitrogens with one attached hydrogen (secondary N) is 1. The average molecular weight is 288 g/mol. The van der Waals surface area contributed by atoms with Gasteiger partial charge in [0, 0.05) is 25.3 Å². The number of nitrogens with zero attached hydrogens (tertiary/aromatic N) is 1. The maximum absolute atomic E-state index is 12.6. The van der Waals surface area contributed by atoms with Gasteiger partial charge in [-0.05, 0) is 29.0 Å². The normalized spacial score (nSPS) is 22.2. The number of hydrogen-bond acceptors (Lipinski definition) is 3. The molecule has 0 aliphatic carbocycles. The first-order valence-corrected chi connectivity index (χ1v) is 7.74. The Bertz CT molecular complexity index is 542. The molecule has 21 heavy (non-hydrogen) atoms. The van der Waals surface area contributed by atoms with Crippen molar-refractivity contribution in [1.82, 2.24) is 5.32 Å². The summed E-state index contributed by atoms with van der Waals surface area (Å²) < 4.78 is 5.59. The SMILES string of the molecule is CC(C)(C)c1ccc2c(c1)CCN2C(=O)C1CNCCO1. The van der Waals surface area contributed by atoms with Crippen LogP contribution in [-0.4, -0.2) is 38.3 Å². The molecule has 0 spiro atoms. The highest BCUT2D eigenvalue weighted by atomic mass is 16.5. The molecule has 3 rings (SSSR count). The molecule has 0 saturated carbocycles. The van der Waals surface area contributed by atoms with Gasteiger partial charge < -0.3 is 15.0 Å². The molecule has 0 aromatic heterocycles. The first-order chi connectivity index (χ1) is 9.97. The Hall–Kier alpha value is -1.39. The minimum Gasteiger partial charge on any atom is -0.366 e. The second-order valence-electron chi connectivity index (χ2n) is 6.90. The van der Waals surface area contributed by atoms with Gasteiger partial charge in [0.05, 0.1) is 6.61 Å². The molecule has 1 N–H and O–H groups in total. The topological polar surface area (TPSA) is 41.6 Å². The number of carbonyl (C=O) groups is 1. The molecule has 0 radical (unpaired) electrons. The zero-order valence-corrected chi connectivity index (χ0v) is 13.1. The Morgan fingerprint density at radius 1 is 1.38 bits per heavy atom. The lowest BCUT2D eigenvalue weighted by atomic mass is 9.86. The van der Waals surface area contributed by atoms with Crippen molar-refractivity contribution in [2.75, 3.05) is 31.1 Å². The Morgan fingerprint density at radius 3 is 2.86 bits per heavy atom. The fraction of sp³-hybridized carbons (Fsp3) is 0.588. The molecule has 1 unspecified atom stereocenters. The molecule has 1 fully saturated rings. The van der Waals surface area contributed by atoms with Crippen LogP contribution in [0.4, 0.5) is 5.69 Å². The molecule has 1 aromatic carbocycles. The van der Waals surface area contributed by atoms with Crippen LogP contribution in [0.25, 0.3) is 0 Å². The summed E-state index contributed by atoms with van der Waals surface area (Å²) in [6.07, 6.45) is 0.595. The largest absolute Gasteiger partial charge is 0.366 e. The van der Waals surface area contributed by atoms with Gasteiger partial charge in [-0.2, -0.15) is 0 Å². The van der Waals surface area contributed by atoms with Crippen molar-refractivity contribution in [2.24, 2.45) is 0 Å². The minimum absolute atomic E-state index is 0.0875. The lowest BCUT2D eigenvalue weighted by Crippen LogP contribution is -2.49. The smallest absolute Gasteiger partial charge is 0.257 e. The maximum Gasteiger partial charge on any atom is 0.257 e. The highest BCUT2D eigenvalue weighted by Gasteiger charge is 2.32. The number of benzene rings is 1. The summed E-state index contributed by atoms with van der Waals surface area (Å²) in [5.74, 6) is 0.0875. The molecular weight excluding hydrogens is 264 g/mol. The highest BCUT2D eigenvalue weighted by molar-refractivity contribution is 5.98. The summed E-state index contributed by atoms with van der Waals surface area (Å²) in [4.78, 5) is 14.5. The van der Waals surface area contributed by atoms with Crippen LogP contribution in [0.5, 0.6) is 0 Å². The molecule has 2 aliphatic heterocycles. The van der Waals surface area contributed by atoms with E-state index in [9.17, 15) is 4.79 Å². The van der Waals surface area contributed by atoms with E-state index in [-0.39, 0.29) is 17.4 Å². The van der Waals surface area contributed by atoms with Crippen LogP contribution in [0.3, 0.4) is 0 Å². The molecule has 114 valence electrons. The van der Waals surface area contributed by atoms with E-state index < -0.39 is 0 Å². The predicted octanol–water partition coefficient (Wildman–Crippen LogP) is 1.86. The van der Waals surface area contributed by atoms with Crippen molar-refractivity contribution in [3.8, 4) is 0 Å². The number of rotatable bonds is 1. The summed E-state index contributed by atoms with van der Waals surface area (Å²) in [6, 6.07) is 6.49. The Morgan fingerprint density at radius 2 is 2.19 bits per heavy atom. The summed E-state index contributed by atoms with van der Waals surface area (Å²) in [6.45, 7) is 9.47. The van der Waals surface area contributed by atoms with Gasteiger partial charge in [0.2, 0.25) is 0 Å². The Kier molecular flexibility index (Phi) is 3.76. The molecule has 2 heterocycles. The fourth-order valence-corrected chi connectivity index (χ4v) is 3.00. The van der Waals surface area contributed by atoms with Crippen molar-refractivity contribution in [3.63, 3.8) is 0 Å². The first-order valence-electron chi connectivity index (χ1n) is 7.74. The van der Waals surface area contributed by atoms with Gasteiger partial charge in [0.25, 0.3) is 5.91 Å². The number of fused-ring (bicyclic) bond motifs is 1. The van der Waals surface area contributed by atoms with E-state index >= 15 is 0 Å². The van der Waals surface area contributed by atoms with Crippen LogP contribution in [-0.2, 0) is 21.4 Å². The molecule has 4 heteroatoms. The second kappa shape index (κ2) is 5.43. The monoisotopic (exact) mass is 288 g/mol. The van der Waals surface area contributed by atoms with Crippen molar-refractivity contribution >= 4 is 11.6 Å². The van der Waals surface area contributed by atoms with Crippen LogP contribution < -0.4 is 10.2 Å². The van der Waals surface area contributed by atoms with E-state index in [1.54, 1.807) is 0 Å². The third-order valence-electron chi connectivity index (χ3n) is 4.31. The molecule has 1 atom stereocenters. The standard InChI is InChI=1S/C17H24N2O2/c1-17(2,3)13-4-5-14-12(10-13)6-8-19(14)16(20)15-11-18-7-9-21-15/h4-5,10,15,18H,6-9,11H2,1-3H3. The lowest BCUT2D eigenvalue weighted by molar-refractivity contribution is -0.131. The van der Waals surface area contributed by atoms with Crippen LogP contribution in [0.15, 0.2) is 18.2 Å². The van der Waals surface area contributed by atoms with E-state index in [2.05, 4.69) is 44.3 Å².